The van der Waals surface area contributed by atoms with Gasteiger partial charge in [-0.15, -0.1) is 0 Å². The summed E-state index contributed by atoms with van der Waals surface area (Å²) in [5, 5.41) is 0. The van der Waals surface area contributed by atoms with E-state index in [2.05, 4.69) is 4.90 Å². The Morgan fingerprint density at radius 3 is 2.88 bits per heavy atom. The zero-order chi connectivity index (χ0) is 12.7. The molecule has 0 aliphatic carbocycles. The molecule has 0 aliphatic heterocycles. The van der Waals surface area contributed by atoms with E-state index < -0.39 is 0 Å². The molecular formula is C12H21N3O2. The van der Waals surface area contributed by atoms with E-state index in [0.29, 0.717) is 12.2 Å². The highest BCUT2D eigenvalue weighted by Gasteiger charge is 2.00. The van der Waals surface area contributed by atoms with E-state index in [9.17, 15) is 4.79 Å². The number of nitrogens with zero attached hydrogens (tertiary/aromatic N) is 2. The normalized spacial score (nSPS) is 11.0. The molecule has 1 aromatic heterocycles. The molecule has 1 aromatic rings. The monoisotopic (exact) mass is 239 g/mol. The van der Waals surface area contributed by atoms with E-state index in [0.717, 1.165) is 26.1 Å². The van der Waals surface area contributed by atoms with Crippen molar-refractivity contribution < 1.29 is 4.74 Å². The van der Waals surface area contributed by atoms with Gasteiger partial charge in [0, 0.05) is 51.3 Å². The molecule has 0 radical (unpaired) electrons. The quantitative estimate of drug-likeness (QED) is 0.700. The Hall–Kier alpha value is -1.33. The van der Waals surface area contributed by atoms with Gasteiger partial charge >= 0.3 is 0 Å². The van der Waals surface area contributed by atoms with E-state index in [4.69, 9.17) is 10.5 Å². The number of ether oxygens (including phenoxy) is 1. The molecule has 1 heterocycles. The maximum atomic E-state index is 11.5. The van der Waals surface area contributed by atoms with Gasteiger partial charge in [0.1, 0.15) is 0 Å². The number of rotatable bonds is 7. The fourth-order valence-electron chi connectivity index (χ4n) is 1.59. The van der Waals surface area contributed by atoms with Crippen LogP contribution in [0.2, 0.25) is 0 Å². The number of nitrogens with two attached hydrogens (primary N) is 1. The van der Waals surface area contributed by atoms with Crippen LogP contribution < -0.4 is 11.3 Å². The first-order valence-corrected chi connectivity index (χ1v) is 5.77. The Balaban J connectivity index is 2.39. The van der Waals surface area contributed by atoms with Crippen molar-refractivity contribution in [2.24, 2.45) is 0 Å². The summed E-state index contributed by atoms with van der Waals surface area (Å²) in [6.45, 7) is 3.22. The minimum absolute atomic E-state index is 0.00973. The van der Waals surface area contributed by atoms with Crippen LogP contribution in [0.3, 0.4) is 0 Å². The molecule has 0 amide bonds. The molecule has 0 atom stereocenters. The summed E-state index contributed by atoms with van der Waals surface area (Å²) in [5.74, 6) is 0. The van der Waals surface area contributed by atoms with Crippen LogP contribution in [-0.2, 0) is 11.3 Å². The third-order valence-electron chi connectivity index (χ3n) is 2.62. The summed E-state index contributed by atoms with van der Waals surface area (Å²) < 4.78 is 6.63. The van der Waals surface area contributed by atoms with Gasteiger partial charge in [-0.05, 0) is 19.5 Å². The van der Waals surface area contributed by atoms with Gasteiger partial charge in [-0.1, -0.05) is 0 Å². The van der Waals surface area contributed by atoms with E-state index in [1.807, 2.05) is 7.05 Å². The average molecular weight is 239 g/mol. The Bertz CT molecular complexity index is 390. The molecule has 0 unspecified atom stereocenters. The maximum Gasteiger partial charge on any atom is 0.250 e. The summed E-state index contributed by atoms with van der Waals surface area (Å²) in [6.07, 6.45) is 2.68. The molecule has 0 aromatic carbocycles. The summed E-state index contributed by atoms with van der Waals surface area (Å²) >= 11 is 0. The Labute approximate surface area is 102 Å². The summed E-state index contributed by atoms with van der Waals surface area (Å²) in [4.78, 5) is 13.7. The van der Waals surface area contributed by atoms with Crippen molar-refractivity contribution in [3.8, 4) is 0 Å². The number of nitrogen functional groups attached to an aromatic ring is 1. The fourth-order valence-corrected chi connectivity index (χ4v) is 1.59. The van der Waals surface area contributed by atoms with Crippen LogP contribution in [0.15, 0.2) is 23.1 Å². The zero-order valence-corrected chi connectivity index (χ0v) is 10.6. The second-order valence-corrected chi connectivity index (χ2v) is 4.14. The first-order valence-electron chi connectivity index (χ1n) is 5.77. The Kier molecular flexibility index (Phi) is 5.72. The van der Waals surface area contributed by atoms with Crippen molar-refractivity contribution in [1.82, 2.24) is 9.47 Å². The van der Waals surface area contributed by atoms with Gasteiger partial charge in [0.25, 0.3) is 5.56 Å². The van der Waals surface area contributed by atoms with Crippen molar-refractivity contribution >= 4 is 5.69 Å². The Morgan fingerprint density at radius 2 is 2.18 bits per heavy atom. The molecule has 0 saturated heterocycles. The highest BCUT2D eigenvalue weighted by atomic mass is 16.5. The van der Waals surface area contributed by atoms with Crippen LogP contribution in [0, 0.1) is 0 Å². The highest BCUT2D eigenvalue weighted by molar-refractivity contribution is 5.33. The molecule has 0 aliphatic rings. The van der Waals surface area contributed by atoms with Crippen molar-refractivity contribution in [3.05, 3.63) is 28.7 Å². The lowest BCUT2D eigenvalue weighted by atomic mass is 10.4. The SMILES string of the molecule is COCCCN(C)CCn1cc(N)ccc1=O. The van der Waals surface area contributed by atoms with E-state index in [1.165, 1.54) is 6.07 Å². The number of aromatic nitrogens is 1. The number of pyridine rings is 1. The maximum absolute atomic E-state index is 11.5. The van der Waals surface area contributed by atoms with Crippen LogP contribution in [-0.4, -0.2) is 43.3 Å². The molecule has 0 fully saturated rings. The van der Waals surface area contributed by atoms with Crippen molar-refractivity contribution in [2.45, 2.75) is 13.0 Å². The minimum atomic E-state index is -0.00973. The number of likely N-dealkylation sites (N-methyl/N-ethyl adjacent to an activating group) is 1. The third kappa shape index (κ3) is 5.01. The molecule has 17 heavy (non-hydrogen) atoms. The number of methoxy groups -OCH3 is 1. The summed E-state index contributed by atoms with van der Waals surface area (Å²) in [6, 6.07) is 3.13. The molecule has 5 heteroatoms. The first kappa shape index (κ1) is 13.7. The number of hydrogen-bond donors (Lipinski definition) is 1. The predicted molar refractivity (Wildman–Crippen MR) is 69.1 cm³/mol. The van der Waals surface area contributed by atoms with Crippen LogP contribution in [0.25, 0.3) is 0 Å². The molecule has 0 bridgehead atoms. The van der Waals surface area contributed by atoms with Crippen LogP contribution in [0.5, 0.6) is 0 Å². The summed E-state index contributed by atoms with van der Waals surface area (Å²) in [7, 11) is 3.74. The van der Waals surface area contributed by atoms with Crippen LogP contribution in [0.4, 0.5) is 5.69 Å². The fraction of sp³-hybridized carbons (Fsp3) is 0.583. The Morgan fingerprint density at radius 1 is 1.41 bits per heavy atom. The first-order chi connectivity index (χ1) is 8.13. The van der Waals surface area contributed by atoms with Crippen LogP contribution in [0.1, 0.15) is 6.42 Å². The van der Waals surface area contributed by atoms with Gasteiger partial charge in [-0.2, -0.15) is 0 Å². The van der Waals surface area contributed by atoms with Crippen LogP contribution >= 0.6 is 0 Å². The largest absolute Gasteiger partial charge is 0.398 e. The highest BCUT2D eigenvalue weighted by Crippen LogP contribution is 1.96. The predicted octanol–water partition coefficient (Wildman–Crippen LogP) is 0.399. The van der Waals surface area contributed by atoms with Gasteiger partial charge in [0.05, 0.1) is 0 Å². The van der Waals surface area contributed by atoms with Gasteiger partial charge in [0.15, 0.2) is 0 Å². The molecule has 96 valence electrons. The lowest BCUT2D eigenvalue weighted by Crippen LogP contribution is -2.29. The van der Waals surface area contributed by atoms with E-state index in [1.54, 1.807) is 23.9 Å². The van der Waals surface area contributed by atoms with Gasteiger partial charge < -0.3 is 19.9 Å². The second-order valence-electron chi connectivity index (χ2n) is 4.14. The standard InChI is InChI=1S/C12H21N3O2/c1-14(6-3-9-17-2)7-8-15-10-11(13)4-5-12(15)16/h4-5,10H,3,6-9,13H2,1-2H3. The van der Waals surface area contributed by atoms with Crippen molar-refractivity contribution in [2.75, 3.05) is 39.6 Å². The van der Waals surface area contributed by atoms with Gasteiger partial charge in [-0.3, -0.25) is 4.79 Å². The lowest BCUT2D eigenvalue weighted by Gasteiger charge is -2.17. The lowest BCUT2D eigenvalue weighted by molar-refractivity contribution is 0.178. The molecule has 5 nitrogen and oxygen atoms in total. The minimum Gasteiger partial charge on any atom is -0.398 e. The molecule has 0 saturated carbocycles. The van der Waals surface area contributed by atoms with E-state index >= 15 is 0 Å². The summed E-state index contributed by atoms with van der Waals surface area (Å²) in [5.41, 5.74) is 6.25. The zero-order valence-electron chi connectivity index (χ0n) is 10.6. The molecular weight excluding hydrogens is 218 g/mol. The smallest absolute Gasteiger partial charge is 0.250 e. The average Bonchev–Trinajstić information content (AvgIpc) is 2.31. The van der Waals surface area contributed by atoms with E-state index in [-0.39, 0.29) is 5.56 Å². The number of hydrogen-bond acceptors (Lipinski definition) is 4. The second kappa shape index (κ2) is 7.09. The van der Waals surface area contributed by atoms with Gasteiger partial charge in [-0.25, -0.2) is 0 Å². The van der Waals surface area contributed by atoms with Crippen molar-refractivity contribution in [1.29, 1.82) is 0 Å². The molecule has 0 spiro atoms. The van der Waals surface area contributed by atoms with Gasteiger partial charge in [0.2, 0.25) is 0 Å². The number of anilines is 1. The third-order valence-corrected chi connectivity index (χ3v) is 2.62. The van der Waals surface area contributed by atoms with Crippen molar-refractivity contribution in [3.63, 3.8) is 0 Å². The topological polar surface area (TPSA) is 60.5 Å². The molecule has 1 rings (SSSR count). The molecule has 2 N–H and O–H groups in total.